The van der Waals surface area contributed by atoms with Gasteiger partial charge in [0.15, 0.2) is 0 Å². The van der Waals surface area contributed by atoms with Crippen molar-refractivity contribution in [3.63, 3.8) is 0 Å². The number of anilines is 1. The molecule has 0 saturated heterocycles. The Labute approximate surface area is 130 Å². The van der Waals surface area contributed by atoms with E-state index in [4.69, 9.17) is 5.11 Å². The van der Waals surface area contributed by atoms with Crippen molar-refractivity contribution < 1.29 is 14.7 Å². The average Bonchev–Trinajstić information content (AvgIpc) is 2.46. The number of hydrogen-bond acceptors (Lipinski definition) is 3. The van der Waals surface area contributed by atoms with Gasteiger partial charge < -0.3 is 10.4 Å². The predicted octanol–water partition coefficient (Wildman–Crippen LogP) is 3.11. The van der Waals surface area contributed by atoms with Crippen LogP contribution in [0.15, 0.2) is 47.1 Å². The van der Waals surface area contributed by atoms with Crippen molar-refractivity contribution in [3.05, 3.63) is 58.3 Å². The van der Waals surface area contributed by atoms with Crippen LogP contribution in [0.5, 0.6) is 0 Å². The second kappa shape index (κ2) is 6.99. The van der Waals surface area contributed by atoms with Gasteiger partial charge in [0.25, 0.3) is 5.91 Å². The molecule has 2 N–H and O–H groups in total. The number of aromatic nitrogens is 1. The maximum absolute atomic E-state index is 12.2. The van der Waals surface area contributed by atoms with Crippen molar-refractivity contribution in [1.29, 1.82) is 0 Å². The minimum atomic E-state index is -0.872. The quantitative estimate of drug-likeness (QED) is 0.869. The van der Waals surface area contributed by atoms with Crippen molar-refractivity contribution >= 4 is 33.5 Å². The number of amides is 1. The Hall–Kier alpha value is -2.21. The molecule has 0 bridgehead atoms. The predicted molar refractivity (Wildman–Crippen MR) is 82.3 cm³/mol. The van der Waals surface area contributed by atoms with Crippen LogP contribution in [-0.4, -0.2) is 22.0 Å². The van der Waals surface area contributed by atoms with Crippen molar-refractivity contribution in [2.75, 3.05) is 5.32 Å². The number of aliphatic carboxylic acids is 1. The minimum Gasteiger partial charge on any atom is -0.481 e. The second-order valence-electron chi connectivity index (χ2n) is 4.34. The zero-order valence-electron chi connectivity index (χ0n) is 11.0. The lowest BCUT2D eigenvalue weighted by atomic mass is 10.1. The molecule has 1 heterocycles. The Morgan fingerprint density at radius 3 is 2.67 bits per heavy atom. The highest BCUT2D eigenvalue weighted by atomic mass is 79.9. The van der Waals surface area contributed by atoms with Gasteiger partial charge in [-0.2, -0.15) is 0 Å². The Balaban J connectivity index is 2.18. The number of carbonyl (C=O) groups is 2. The Morgan fingerprint density at radius 2 is 1.95 bits per heavy atom. The van der Waals surface area contributed by atoms with Crippen LogP contribution in [-0.2, 0) is 11.2 Å². The van der Waals surface area contributed by atoms with E-state index in [0.29, 0.717) is 16.6 Å². The summed E-state index contributed by atoms with van der Waals surface area (Å²) in [5.41, 5.74) is 1.66. The zero-order valence-corrected chi connectivity index (χ0v) is 12.6. The maximum atomic E-state index is 12.2. The summed E-state index contributed by atoms with van der Waals surface area (Å²) in [6, 6.07) is 10.6. The van der Waals surface area contributed by atoms with Crippen LogP contribution in [0.2, 0.25) is 0 Å². The van der Waals surface area contributed by atoms with Crippen LogP contribution >= 0.6 is 15.9 Å². The maximum Gasteiger partial charge on any atom is 0.303 e. The third kappa shape index (κ3) is 4.13. The molecule has 0 aliphatic rings. The second-order valence-corrected chi connectivity index (χ2v) is 5.19. The molecule has 108 valence electrons. The molecule has 0 radical (unpaired) electrons. The highest BCUT2D eigenvalue weighted by molar-refractivity contribution is 9.10. The van der Waals surface area contributed by atoms with E-state index in [0.717, 1.165) is 5.56 Å². The lowest BCUT2D eigenvalue weighted by molar-refractivity contribution is -0.136. The molecule has 0 aliphatic heterocycles. The summed E-state index contributed by atoms with van der Waals surface area (Å²) >= 11 is 3.28. The molecule has 5 nitrogen and oxygen atoms in total. The lowest BCUT2D eigenvalue weighted by Crippen LogP contribution is -2.15. The Morgan fingerprint density at radius 1 is 1.19 bits per heavy atom. The highest BCUT2D eigenvalue weighted by Crippen LogP contribution is 2.20. The Kier molecular flexibility index (Phi) is 5.05. The van der Waals surface area contributed by atoms with E-state index in [9.17, 15) is 9.59 Å². The number of carboxylic acids is 1. The molecule has 1 amide bonds. The molecule has 1 aromatic heterocycles. The number of para-hydroxylation sites is 1. The number of halogens is 1. The summed E-state index contributed by atoms with van der Waals surface area (Å²) in [6.07, 6.45) is 1.91. The van der Waals surface area contributed by atoms with Gasteiger partial charge in [0.1, 0.15) is 5.69 Å². The van der Waals surface area contributed by atoms with Crippen LogP contribution in [0.4, 0.5) is 5.69 Å². The summed E-state index contributed by atoms with van der Waals surface area (Å²) in [7, 11) is 0. The van der Waals surface area contributed by atoms with Crippen molar-refractivity contribution in [2.24, 2.45) is 0 Å². The van der Waals surface area contributed by atoms with Crippen molar-refractivity contribution in [2.45, 2.75) is 12.8 Å². The molecule has 2 aromatic rings. The third-order valence-electron chi connectivity index (χ3n) is 2.85. The van der Waals surface area contributed by atoms with Gasteiger partial charge in [-0.25, -0.2) is 4.98 Å². The van der Waals surface area contributed by atoms with Gasteiger partial charge in [0.2, 0.25) is 0 Å². The first-order chi connectivity index (χ1) is 10.1. The fraction of sp³-hybridized carbons (Fsp3) is 0.133. The molecule has 0 saturated carbocycles. The summed E-state index contributed by atoms with van der Waals surface area (Å²) < 4.78 is 0.602. The molecule has 1 aromatic carbocycles. The van der Waals surface area contributed by atoms with Gasteiger partial charge in [0.05, 0.1) is 0 Å². The minimum absolute atomic E-state index is 0.0141. The molecule has 0 spiro atoms. The van der Waals surface area contributed by atoms with Crippen molar-refractivity contribution in [3.8, 4) is 0 Å². The first-order valence-electron chi connectivity index (χ1n) is 6.29. The number of benzene rings is 1. The van der Waals surface area contributed by atoms with Crippen LogP contribution in [0.1, 0.15) is 22.5 Å². The molecule has 0 aliphatic carbocycles. The average molecular weight is 349 g/mol. The molecule has 6 heteroatoms. The fourth-order valence-electron chi connectivity index (χ4n) is 1.84. The first-order valence-corrected chi connectivity index (χ1v) is 7.09. The van der Waals surface area contributed by atoms with Crippen molar-refractivity contribution in [1.82, 2.24) is 4.98 Å². The van der Waals surface area contributed by atoms with E-state index in [-0.39, 0.29) is 18.0 Å². The van der Waals surface area contributed by atoms with Gasteiger partial charge in [-0.1, -0.05) is 18.2 Å². The third-order valence-corrected chi connectivity index (χ3v) is 3.49. The summed E-state index contributed by atoms with van der Waals surface area (Å²) in [4.78, 5) is 26.9. The zero-order chi connectivity index (χ0) is 15.2. The van der Waals surface area contributed by atoms with Gasteiger partial charge in [0, 0.05) is 22.8 Å². The standard InChI is InChI=1S/C15H13BrN2O3/c16-11-5-3-9-17-14(11)15(21)18-12-6-2-1-4-10(12)7-8-13(19)20/h1-6,9H,7-8H2,(H,18,21)(H,19,20). The smallest absolute Gasteiger partial charge is 0.303 e. The first kappa shape index (κ1) is 15.2. The number of aryl methyl sites for hydroxylation is 1. The van der Waals surface area contributed by atoms with Gasteiger partial charge in [-0.15, -0.1) is 0 Å². The molecular formula is C15H13BrN2O3. The monoisotopic (exact) mass is 348 g/mol. The number of carbonyl (C=O) groups excluding carboxylic acids is 1. The molecule has 0 atom stereocenters. The lowest BCUT2D eigenvalue weighted by Gasteiger charge is -2.10. The fourth-order valence-corrected chi connectivity index (χ4v) is 2.27. The number of rotatable bonds is 5. The number of pyridine rings is 1. The summed E-state index contributed by atoms with van der Waals surface area (Å²) in [6.45, 7) is 0. The van der Waals surface area contributed by atoms with E-state index in [2.05, 4.69) is 26.2 Å². The normalized spacial score (nSPS) is 10.1. The highest BCUT2D eigenvalue weighted by Gasteiger charge is 2.13. The number of nitrogens with zero attached hydrogens (tertiary/aromatic N) is 1. The van der Waals surface area contributed by atoms with Crippen LogP contribution in [0.3, 0.4) is 0 Å². The van der Waals surface area contributed by atoms with Crippen LogP contribution < -0.4 is 5.32 Å². The van der Waals surface area contributed by atoms with Crippen LogP contribution in [0, 0.1) is 0 Å². The van der Waals surface area contributed by atoms with E-state index in [1.54, 1.807) is 30.3 Å². The van der Waals surface area contributed by atoms with E-state index in [1.807, 2.05) is 6.07 Å². The van der Waals surface area contributed by atoms with Gasteiger partial charge >= 0.3 is 5.97 Å². The summed E-state index contributed by atoms with van der Waals surface area (Å²) in [5.74, 6) is -1.21. The number of hydrogen-bond donors (Lipinski definition) is 2. The molecule has 0 unspecified atom stereocenters. The van der Waals surface area contributed by atoms with E-state index >= 15 is 0 Å². The number of nitrogens with one attached hydrogen (secondary N) is 1. The molecular weight excluding hydrogens is 336 g/mol. The Bertz CT molecular complexity index is 673. The largest absolute Gasteiger partial charge is 0.481 e. The number of carboxylic acid groups (broad SMARTS) is 1. The van der Waals surface area contributed by atoms with Crippen LogP contribution in [0.25, 0.3) is 0 Å². The van der Waals surface area contributed by atoms with Gasteiger partial charge in [-0.3, -0.25) is 9.59 Å². The summed E-state index contributed by atoms with van der Waals surface area (Å²) in [5, 5.41) is 11.5. The van der Waals surface area contributed by atoms with Gasteiger partial charge in [-0.05, 0) is 46.1 Å². The SMILES string of the molecule is O=C(O)CCc1ccccc1NC(=O)c1ncccc1Br. The van der Waals surface area contributed by atoms with E-state index < -0.39 is 5.97 Å². The molecule has 21 heavy (non-hydrogen) atoms. The van der Waals surface area contributed by atoms with E-state index in [1.165, 1.54) is 6.20 Å². The molecule has 0 fully saturated rings. The molecule has 2 rings (SSSR count). The topological polar surface area (TPSA) is 79.3 Å².